The van der Waals surface area contributed by atoms with Gasteiger partial charge in [-0.05, 0) is 37.8 Å². The van der Waals surface area contributed by atoms with E-state index in [0.29, 0.717) is 5.69 Å². The van der Waals surface area contributed by atoms with E-state index < -0.39 is 0 Å². The van der Waals surface area contributed by atoms with Gasteiger partial charge >= 0.3 is 0 Å². The Morgan fingerprint density at radius 3 is 2.43 bits per heavy atom. The Balaban J connectivity index is 2.14. The number of benzene rings is 1. The second-order valence-corrected chi connectivity index (χ2v) is 4.76. The zero-order valence-corrected chi connectivity index (χ0v) is 11.5. The Morgan fingerprint density at radius 1 is 1.10 bits per heavy atom. The first-order chi connectivity index (χ1) is 10.3. The Bertz CT molecular complexity index is 651. The van der Waals surface area contributed by atoms with Gasteiger partial charge in [-0.15, -0.1) is 0 Å². The molecule has 0 aliphatic heterocycles. The second kappa shape index (κ2) is 6.98. The number of hydrogen-bond donors (Lipinski definition) is 1. The van der Waals surface area contributed by atoms with Crippen molar-refractivity contribution in [1.29, 1.82) is 15.8 Å². The van der Waals surface area contributed by atoms with Gasteiger partial charge in [0, 0.05) is 11.8 Å². The standard InChI is InChI=1S/C16H14N4O/c17-9-12(10-18)16(11-19)20-13-4-3-7-15(8-13)21-14-5-1-2-6-14/h3-4,7-8,14,20H,1-2,5-6H2. The van der Waals surface area contributed by atoms with Crippen molar-refractivity contribution in [2.45, 2.75) is 31.8 Å². The fourth-order valence-corrected chi connectivity index (χ4v) is 2.27. The van der Waals surface area contributed by atoms with Crippen LogP contribution in [0.2, 0.25) is 0 Å². The maximum absolute atomic E-state index is 9.02. The van der Waals surface area contributed by atoms with Crippen LogP contribution in [0.5, 0.6) is 5.75 Å². The van der Waals surface area contributed by atoms with E-state index in [2.05, 4.69) is 5.32 Å². The van der Waals surface area contributed by atoms with Crippen LogP contribution in [0.25, 0.3) is 0 Å². The second-order valence-electron chi connectivity index (χ2n) is 4.76. The normalized spacial score (nSPS) is 13.6. The molecule has 0 heterocycles. The van der Waals surface area contributed by atoms with E-state index in [0.717, 1.165) is 18.6 Å². The summed E-state index contributed by atoms with van der Waals surface area (Å²) in [6.45, 7) is 0. The third-order valence-corrected chi connectivity index (χ3v) is 3.29. The largest absolute Gasteiger partial charge is 0.490 e. The quantitative estimate of drug-likeness (QED) is 0.853. The number of nitrogens with zero attached hydrogens (tertiary/aromatic N) is 3. The SMILES string of the molecule is N#CC(C#N)=C(C#N)Nc1cccc(OC2CCCC2)c1. The molecule has 104 valence electrons. The lowest BCUT2D eigenvalue weighted by Gasteiger charge is -2.14. The molecule has 0 unspecified atom stereocenters. The zero-order chi connectivity index (χ0) is 15.1. The Morgan fingerprint density at radius 2 is 1.81 bits per heavy atom. The molecular weight excluding hydrogens is 264 g/mol. The highest BCUT2D eigenvalue weighted by Gasteiger charge is 2.16. The van der Waals surface area contributed by atoms with Crippen molar-refractivity contribution in [2.75, 3.05) is 5.32 Å². The molecule has 1 N–H and O–H groups in total. The van der Waals surface area contributed by atoms with Gasteiger partial charge in [-0.2, -0.15) is 15.8 Å². The molecule has 0 radical (unpaired) electrons. The minimum atomic E-state index is -0.236. The number of anilines is 1. The molecule has 0 atom stereocenters. The summed E-state index contributed by atoms with van der Waals surface area (Å²) in [7, 11) is 0. The van der Waals surface area contributed by atoms with Crippen molar-refractivity contribution in [3.63, 3.8) is 0 Å². The highest BCUT2D eigenvalue weighted by molar-refractivity contribution is 5.59. The predicted octanol–water partition coefficient (Wildman–Crippen LogP) is 3.24. The van der Waals surface area contributed by atoms with Crippen LogP contribution in [0.1, 0.15) is 25.7 Å². The highest BCUT2D eigenvalue weighted by atomic mass is 16.5. The molecule has 1 saturated carbocycles. The van der Waals surface area contributed by atoms with Crippen LogP contribution in [-0.4, -0.2) is 6.10 Å². The van der Waals surface area contributed by atoms with Gasteiger partial charge in [0.05, 0.1) is 6.10 Å². The van der Waals surface area contributed by atoms with Crippen LogP contribution in [0.3, 0.4) is 0 Å². The summed E-state index contributed by atoms with van der Waals surface area (Å²) < 4.78 is 5.88. The summed E-state index contributed by atoms with van der Waals surface area (Å²) in [4.78, 5) is 0. The fraction of sp³-hybridized carbons (Fsp3) is 0.312. The van der Waals surface area contributed by atoms with E-state index in [4.69, 9.17) is 20.5 Å². The maximum Gasteiger partial charge on any atom is 0.163 e. The van der Waals surface area contributed by atoms with Gasteiger partial charge in [0.25, 0.3) is 0 Å². The predicted molar refractivity (Wildman–Crippen MR) is 76.8 cm³/mol. The van der Waals surface area contributed by atoms with E-state index in [9.17, 15) is 0 Å². The van der Waals surface area contributed by atoms with Crippen molar-refractivity contribution < 1.29 is 4.74 Å². The average molecular weight is 278 g/mol. The average Bonchev–Trinajstić information content (AvgIpc) is 3.00. The molecule has 1 aliphatic rings. The fourth-order valence-electron chi connectivity index (χ4n) is 2.27. The maximum atomic E-state index is 9.02. The number of rotatable bonds is 4. The number of nitrogens with one attached hydrogen (secondary N) is 1. The lowest BCUT2D eigenvalue weighted by atomic mass is 10.2. The first kappa shape index (κ1) is 14.4. The van der Waals surface area contributed by atoms with Gasteiger partial charge in [0.1, 0.15) is 29.7 Å². The van der Waals surface area contributed by atoms with E-state index in [1.54, 1.807) is 30.3 Å². The molecule has 1 aromatic rings. The zero-order valence-electron chi connectivity index (χ0n) is 11.5. The monoisotopic (exact) mass is 278 g/mol. The summed E-state index contributed by atoms with van der Waals surface area (Å²) in [5.41, 5.74) is 0.322. The third-order valence-electron chi connectivity index (χ3n) is 3.29. The van der Waals surface area contributed by atoms with Crippen molar-refractivity contribution in [1.82, 2.24) is 0 Å². The molecule has 2 rings (SSSR count). The van der Waals surface area contributed by atoms with E-state index in [1.807, 2.05) is 12.1 Å². The molecular formula is C16H14N4O. The molecule has 21 heavy (non-hydrogen) atoms. The topological polar surface area (TPSA) is 92.6 Å². The first-order valence-corrected chi connectivity index (χ1v) is 6.75. The summed E-state index contributed by atoms with van der Waals surface area (Å²) in [5, 5.41) is 29.4. The summed E-state index contributed by atoms with van der Waals surface area (Å²) in [6, 6.07) is 12.4. The molecule has 1 aromatic carbocycles. The van der Waals surface area contributed by atoms with Gasteiger partial charge in [0.15, 0.2) is 5.57 Å². The van der Waals surface area contributed by atoms with Crippen LogP contribution in [0.15, 0.2) is 35.5 Å². The van der Waals surface area contributed by atoms with Gasteiger partial charge in [-0.3, -0.25) is 0 Å². The minimum Gasteiger partial charge on any atom is -0.490 e. The van der Waals surface area contributed by atoms with Crippen LogP contribution in [0.4, 0.5) is 5.69 Å². The number of allylic oxidation sites excluding steroid dienone is 2. The van der Waals surface area contributed by atoms with Crippen molar-refractivity contribution in [2.24, 2.45) is 0 Å². The van der Waals surface area contributed by atoms with Gasteiger partial charge in [-0.1, -0.05) is 6.07 Å². The summed E-state index contributed by atoms with van der Waals surface area (Å²) in [6.07, 6.45) is 4.76. The van der Waals surface area contributed by atoms with Crippen LogP contribution < -0.4 is 10.1 Å². The molecule has 0 saturated heterocycles. The molecule has 0 aromatic heterocycles. The highest BCUT2D eigenvalue weighted by Crippen LogP contribution is 2.26. The van der Waals surface area contributed by atoms with Gasteiger partial charge in [0.2, 0.25) is 0 Å². The molecule has 0 bridgehead atoms. The summed E-state index contributed by atoms with van der Waals surface area (Å²) in [5.74, 6) is 0.722. The molecule has 5 heteroatoms. The van der Waals surface area contributed by atoms with Crippen molar-refractivity contribution >= 4 is 5.69 Å². The third kappa shape index (κ3) is 3.75. The summed E-state index contributed by atoms with van der Waals surface area (Å²) >= 11 is 0. The Hall–Kier alpha value is -2.97. The molecule has 1 fully saturated rings. The van der Waals surface area contributed by atoms with Gasteiger partial charge in [-0.25, -0.2) is 0 Å². The van der Waals surface area contributed by atoms with E-state index in [1.165, 1.54) is 12.8 Å². The first-order valence-electron chi connectivity index (χ1n) is 6.75. The van der Waals surface area contributed by atoms with Crippen molar-refractivity contribution in [3.05, 3.63) is 35.5 Å². The van der Waals surface area contributed by atoms with Crippen molar-refractivity contribution in [3.8, 4) is 24.0 Å². The molecule has 0 spiro atoms. The van der Waals surface area contributed by atoms with Crippen LogP contribution in [-0.2, 0) is 0 Å². The van der Waals surface area contributed by atoms with Crippen LogP contribution >= 0.6 is 0 Å². The Labute approximate surface area is 123 Å². The Kier molecular flexibility index (Phi) is 4.80. The molecule has 1 aliphatic carbocycles. The number of nitriles is 3. The minimum absolute atomic E-state index is 0.0574. The molecule has 5 nitrogen and oxygen atoms in total. The number of hydrogen-bond acceptors (Lipinski definition) is 5. The van der Waals surface area contributed by atoms with Gasteiger partial charge < -0.3 is 10.1 Å². The molecule has 0 amide bonds. The van der Waals surface area contributed by atoms with E-state index in [-0.39, 0.29) is 17.4 Å². The lowest BCUT2D eigenvalue weighted by Crippen LogP contribution is -2.11. The van der Waals surface area contributed by atoms with Crippen LogP contribution in [0, 0.1) is 34.0 Å². The lowest BCUT2D eigenvalue weighted by molar-refractivity contribution is 0.210. The smallest absolute Gasteiger partial charge is 0.163 e. The number of ether oxygens (including phenoxy) is 1. The van der Waals surface area contributed by atoms with E-state index >= 15 is 0 Å².